The van der Waals surface area contributed by atoms with Crippen molar-refractivity contribution in [2.45, 2.75) is 19.4 Å². The standard InChI is InChI=1S/C10H14ClN5S/c1-3-6(4-17-2)14-9-7-8(13-5-12-7)15-10(11)16-9/h5-6H,3-4H2,1-2H3,(H2,12,13,14,15,16). The molecule has 0 amide bonds. The molecule has 1 unspecified atom stereocenters. The molecule has 17 heavy (non-hydrogen) atoms. The topological polar surface area (TPSA) is 66.5 Å². The highest BCUT2D eigenvalue weighted by molar-refractivity contribution is 7.98. The summed E-state index contributed by atoms with van der Waals surface area (Å²) >= 11 is 7.66. The molecule has 2 aromatic heterocycles. The van der Waals surface area contributed by atoms with E-state index in [0.29, 0.717) is 11.7 Å². The van der Waals surface area contributed by atoms with Gasteiger partial charge in [-0.1, -0.05) is 6.92 Å². The van der Waals surface area contributed by atoms with Crippen LogP contribution >= 0.6 is 23.4 Å². The van der Waals surface area contributed by atoms with Crippen molar-refractivity contribution in [1.82, 2.24) is 19.9 Å². The molecule has 2 rings (SSSR count). The van der Waals surface area contributed by atoms with E-state index in [1.54, 1.807) is 18.1 Å². The lowest BCUT2D eigenvalue weighted by atomic mass is 10.2. The summed E-state index contributed by atoms with van der Waals surface area (Å²) in [6.07, 6.45) is 4.71. The molecule has 0 saturated carbocycles. The number of imidazole rings is 1. The summed E-state index contributed by atoms with van der Waals surface area (Å²) in [6, 6.07) is 0.363. The third-order valence-electron chi connectivity index (χ3n) is 2.46. The fourth-order valence-corrected chi connectivity index (χ4v) is 2.45. The van der Waals surface area contributed by atoms with Crippen LogP contribution in [0.25, 0.3) is 11.2 Å². The van der Waals surface area contributed by atoms with E-state index in [0.717, 1.165) is 23.5 Å². The monoisotopic (exact) mass is 271 g/mol. The van der Waals surface area contributed by atoms with E-state index in [1.807, 2.05) is 0 Å². The number of aromatic amines is 1. The number of aromatic nitrogens is 4. The zero-order valence-electron chi connectivity index (χ0n) is 9.70. The van der Waals surface area contributed by atoms with Gasteiger partial charge in [0.15, 0.2) is 11.5 Å². The van der Waals surface area contributed by atoms with E-state index < -0.39 is 0 Å². The maximum absolute atomic E-state index is 5.86. The summed E-state index contributed by atoms with van der Waals surface area (Å²) in [5.74, 6) is 1.74. The zero-order chi connectivity index (χ0) is 12.3. The number of nitrogens with one attached hydrogen (secondary N) is 2. The third-order valence-corrected chi connectivity index (χ3v) is 3.36. The molecule has 2 N–H and O–H groups in total. The van der Waals surface area contributed by atoms with Crippen molar-refractivity contribution >= 4 is 40.3 Å². The Kier molecular flexibility index (Phi) is 4.06. The summed E-state index contributed by atoms with van der Waals surface area (Å²) in [5, 5.41) is 3.59. The number of halogens is 1. The summed E-state index contributed by atoms with van der Waals surface area (Å²) in [5.41, 5.74) is 1.39. The second kappa shape index (κ2) is 5.55. The van der Waals surface area contributed by atoms with Gasteiger partial charge in [-0.3, -0.25) is 0 Å². The molecule has 92 valence electrons. The molecule has 0 aliphatic carbocycles. The van der Waals surface area contributed by atoms with Gasteiger partial charge in [0, 0.05) is 11.8 Å². The lowest BCUT2D eigenvalue weighted by Gasteiger charge is -2.16. The Hall–Kier alpha value is -1.01. The van der Waals surface area contributed by atoms with Crippen molar-refractivity contribution < 1.29 is 0 Å². The van der Waals surface area contributed by atoms with E-state index in [9.17, 15) is 0 Å². The van der Waals surface area contributed by atoms with Crippen molar-refractivity contribution in [3.8, 4) is 0 Å². The van der Waals surface area contributed by atoms with Gasteiger partial charge in [0.25, 0.3) is 0 Å². The van der Waals surface area contributed by atoms with Gasteiger partial charge in [-0.05, 0) is 24.3 Å². The predicted molar refractivity (Wildman–Crippen MR) is 72.8 cm³/mol. The van der Waals surface area contributed by atoms with Crippen LogP contribution in [0.5, 0.6) is 0 Å². The van der Waals surface area contributed by atoms with Crippen LogP contribution in [0.4, 0.5) is 5.82 Å². The molecule has 2 aromatic rings. The number of rotatable bonds is 5. The molecular weight excluding hydrogens is 258 g/mol. The molecule has 0 aromatic carbocycles. The van der Waals surface area contributed by atoms with E-state index in [-0.39, 0.29) is 5.28 Å². The van der Waals surface area contributed by atoms with E-state index >= 15 is 0 Å². The first-order valence-corrected chi connectivity index (χ1v) is 7.13. The minimum Gasteiger partial charge on any atom is -0.365 e. The van der Waals surface area contributed by atoms with Gasteiger partial charge in [-0.15, -0.1) is 0 Å². The van der Waals surface area contributed by atoms with Gasteiger partial charge in [-0.2, -0.15) is 21.7 Å². The van der Waals surface area contributed by atoms with Crippen LogP contribution in [0.2, 0.25) is 5.28 Å². The quantitative estimate of drug-likeness (QED) is 0.818. The van der Waals surface area contributed by atoms with Crippen LogP contribution < -0.4 is 5.32 Å². The average Bonchev–Trinajstić information content (AvgIpc) is 2.76. The highest BCUT2D eigenvalue weighted by Gasteiger charge is 2.12. The average molecular weight is 272 g/mol. The number of anilines is 1. The Morgan fingerprint density at radius 2 is 2.35 bits per heavy atom. The molecule has 0 aliphatic heterocycles. The minimum atomic E-state index is 0.214. The Labute approximate surface area is 109 Å². The number of fused-ring (bicyclic) bond motifs is 1. The van der Waals surface area contributed by atoms with Crippen LogP contribution in [0.15, 0.2) is 6.33 Å². The number of H-pyrrole nitrogens is 1. The van der Waals surface area contributed by atoms with Crippen LogP contribution in [-0.2, 0) is 0 Å². The highest BCUT2D eigenvalue weighted by Crippen LogP contribution is 2.20. The molecule has 0 aliphatic rings. The summed E-state index contributed by atoms with van der Waals surface area (Å²) < 4.78 is 0. The predicted octanol–water partition coefficient (Wildman–Crippen LogP) is 2.56. The molecule has 0 saturated heterocycles. The van der Waals surface area contributed by atoms with Gasteiger partial charge >= 0.3 is 0 Å². The largest absolute Gasteiger partial charge is 0.365 e. The first-order valence-electron chi connectivity index (χ1n) is 5.36. The second-order valence-electron chi connectivity index (χ2n) is 3.65. The third kappa shape index (κ3) is 2.81. The van der Waals surface area contributed by atoms with Crippen molar-refractivity contribution in [2.24, 2.45) is 0 Å². The normalized spacial score (nSPS) is 12.9. The molecule has 2 heterocycles. The molecule has 1 atom stereocenters. The molecular formula is C10H14ClN5S. The van der Waals surface area contributed by atoms with Gasteiger partial charge in [0.1, 0.15) is 5.52 Å². The van der Waals surface area contributed by atoms with Gasteiger partial charge in [0.05, 0.1) is 6.33 Å². The molecule has 0 radical (unpaired) electrons. The Bertz CT molecular complexity index is 500. The SMILES string of the molecule is CCC(CSC)Nc1nc(Cl)nc2nc[nH]c12. The first kappa shape index (κ1) is 12.4. The number of hydrogen-bond acceptors (Lipinski definition) is 5. The van der Waals surface area contributed by atoms with E-state index in [4.69, 9.17) is 11.6 Å². The lowest BCUT2D eigenvalue weighted by Crippen LogP contribution is -2.22. The summed E-state index contributed by atoms with van der Waals surface area (Å²) in [7, 11) is 0. The van der Waals surface area contributed by atoms with Gasteiger partial charge < -0.3 is 10.3 Å². The lowest BCUT2D eigenvalue weighted by molar-refractivity contribution is 0.770. The van der Waals surface area contributed by atoms with Crippen LogP contribution in [0.1, 0.15) is 13.3 Å². The molecule has 0 fully saturated rings. The van der Waals surface area contributed by atoms with Crippen molar-refractivity contribution in [2.75, 3.05) is 17.3 Å². The second-order valence-corrected chi connectivity index (χ2v) is 4.90. The number of thioether (sulfide) groups is 1. The Balaban J connectivity index is 2.30. The molecule has 0 spiro atoms. The Morgan fingerprint density at radius 3 is 3.06 bits per heavy atom. The van der Waals surface area contributed by atoms with Crippen LogP contribution in [0, 0.1) is 0 Å². The molecule has 7 heteroatoms. The Morgan fingerprint density at radius 1 is 1.53 bits per heavy atom. The fraction of sp³-hybridized carbons (Fsp3) is 0.500. The summed E-state index contributed by atoms with van der Waals surface area (Å²) in [6.45, 7) is 2.14. The van der Waals surface area contributed by atoms with E-state index in [2.05, 4.69) is 38.4 Å². The fourth-order valence-electron chi connectivity index (χ4n) is 1.57. The zero-order valence-corrected chi connectivity index (χ0v) is 11.3. The number of hydrogen-bond donors (Lipinski definition) is 2. The molecule has 0 bridgehead atoms. The maximum Gasteiger partial charge on any atom is 0.226 e. The highest BCUT2D eigenvalue weighted by atomic mass is 35.5. The van der Waals surface area contributed by atoms with E-state index in [1.165, 1.54) is 0 Å². The van der Waals surface area contributed by atoms with Crippen LogP contribution in [-0.4, -0.2) is 38.0 Å². The summed E-state index contributed by atoms with van der Waals surface area (Å²) in [4.78, 5) is 15.4. The van der Waals surface area contributed by atoms with Gasteiger partial charge in [0.2, 0.25) is 5.28 Å². The minimum absolute atomic E-state index is 0.214. The van der Waals surface area contributed by atoms with Crippen molar-refractivity contribution in [3.63, 3.8) is 0 Å². The van der Waals surface area contributed by atoms with Gasteiger partial charge in [-0.25, -0.2) is 4.98 Å². The smallest absolute Gasteiger partial charge is 0.226 e. The maximum atomic E-state index is 5.86. The first-order chi connectivity index (χ1) is 8.24. The molecule has 5 nitrogen and oxygen atoms in total. The van der Waals surface area contributed by atoms with Crippen LogP contribution in [0.3, 0.4) is 0 Å². The van der Waals surface area contributed by atoms with Crippen molar-refractivity contribution in [3.05, 3.63) is 11.6 Å². The van der Waals surface area contributed by atoms with Crippen molar-refractivity contribution in [1.29, 1.82) is 0 Å². The number of nitrogens with zero attached hydrogens (tertiary/aromatic N) is 3.